The Morgan fingerprint density at radius 1 is 1.12 bits per heavy atom. The highest BCUT2D eigenvalue weighted by molar-refractivity contribution is 4.85. The van der Waals surface area contributed by atoms with E-state index in [1.54, 1.807) is 0 Å². The van der Waals surface area contributed by atoms with E-state index in [1.165, 1.54) is 38.8 Å². The molecule has 17 heavy (non-hydrogen) atoms. The number of nitrogens with zero attached hydrogens (tertiary/aromatic N) is 1. The molecule has 1 saturated carbocycles. The molecule has 1 rings (SSSR count). The molecule has 0 aromatic rings. The summed E-state index contributed by atoms with van der Waals surface area (Å²) in [5.41, 5.74) is 5.88. The van der Waals surface area contributed by atoms with Crippen molar-refractivity contribution < 1.29 is 0 Å². The SMILES string of the molecule is CC(C)CC(CN)CCN(CC(C)C)C1CC1. The first-order valence-corrected chi connectivity index (χ1v) is 7.47. The van der Waals surface area contributed by atoms with E-state index in [-0.39, 0.29) is 0 Å². The monoisotopic (exact) mass is 240 g/mol. The zero-order chi connectivity index (χ0) is 12.8. The minimum absolute atomic E-state index is 0.725. The topological polar surface area (TPSA) is 29.3 Å². The molecule has 102 valence electrons. The summed E-state index contributed by atoms with van der Waals surface area (Å²) >= 11 is 0. The van der Waals surface area contributed by atoms with Crippen LogP contribution in [-0.4, -0.2) is 30.6 Å². The van der Waals surface area contributed by atoms with Crippen LogP contribution in [0, 0.1) is 17.8 Å². The molecule has 2 N–H and O–H groups in total. The van der Waals surface area contributed by atoms with E-state index < -0.39 is 0 Å². The first-order chi connectivity index (χ1) is 8.02. The maximum atomic E-state index is 5.88. The van der Waals surface area contributed by atoms with Gasteiger partial charge in [-0.25, -0.2) is 0 Å². The average molecular weight is 240 g/mol. The molecule has 0 saturated heterocycles. The number of hydrogen-bond donors (Lipinski definition) is 1. The van der Waals surface area contributed by atoms with Crippen molar-refractivity contribution in [1.29, 1.82) is 0 Å². The van der Waals surface area contributed by atoms with Gasteiger partial charge in [0, 0.05) is 12.6 Å². The second-order valence-electron chi connectivity index (χ2n) is 6.64. The van der Waals surface area contributed by atoms with Crippen LogP contribution in [0.5, 0.6) is 0 Å². The van der Waals surface area contributed by atoms with Crippen LogP contribution in [-0.2, 0) is 0 Å². The molecule has 0 aromatic heterocycles. The van der Waals surface area contributed by atoms with Gasteiger partial charge in [-0.15, -0.1) is 0 Å². The summed E-state index contributed by atoms with van der Waals surface area (Å²) < 4.78 is 0. The summed E-state index contributed by atoms with van der Waals surface area (Å²) in [6, 6.07) is 0.898. The molecule has 2 heteroatoms. The molecule has 0 spiro atoms. The largest absolute Gasteiger partial charge is 0.330 e. The predicted molar refractivity (Wildman–Crippen MR) is 76.0 cm³/mol. The normalized spacial score (nSPS) is 18.4. The Bertz CT molecular complexity index is 197. The minimum atomic E-state index is 0.725. The van der Waals surface area contributed by atoms with Crippen LogP contribution >= 0.6 is 0 Å². The average Bonchev–Trinajstić information content (AvgIpc) is 3.04. The van der Waals surface area contributed by atoms with E-state index >= 15 is 0 Å². The standard InChI is InChI=1S/C15H32N2/c1-12(2)9-14(10-16)7-8-17(11-13(3)4)15-5-6-15/h12-15H,5-11,16H2,1-4H3. The molecule has 1 fully saturated rings. The molecule has 2 nitrogen and oxygen atoms in total. The van der Waals surface area contributed by atoms with Crippen LogP contribution < -0.4 is 5.73 Å². The molecule has 0 aliphatic heterocycles. The second kappa shape index (κ2) is 7.38. The maximum absolute atomic E-state index is 5.88. The molecular formula is C15H32N2. The first-order valence-electron chi connectivity index (χ1n) is 7.47. The summed E-state index contributed by atoms with van der Waals surface area (Å²) in [6.07, 6.45) is 5.42. The van der Waals surface area contributed by atoms with Crippen molar-refractivity contribution in [2.75, 3.05) is 19.6 Å². The molecule has 0 heterocycles. The Morgan fingerprint density at radius 2 is 1.76 bits per heavy atom. The van der Waals surface area contributed by atoms with Crippen LogP contribution in [0.1, 0.15) is 53.4 Å². The number of nitrogens with two attached hydrogens (primary N) is 1. The quantitative estimate of drug-likeness (QED) is 0.671. The molecule has 0 amide bonds. The van der Waals surface area contributed by atoms with Crippen LogP contribution in [0.4, 0.5) is 0 Å². The van der Waals surface area contributed by atoms with Gasteiger partial charge in [0.25, 0.3) is 0 Å². The predicted octanol–water partition coefficient (Wildman–Crippen LogP) is 3.12. The van der Waals surface area contributed by atoms with Gasteiger partial charge in [-0.05, 0) is 56.5 Å². The summed E-state index contributed by atoms with van der Waals surface area (Å²) in [4.78, 5) is 2.70. The zero-order valence-corrected chi connectivity index (χ0v) is 12.3. The van der Waals surface area contributed by atoms with Crippen molar-refractivity contribution in [3.8, 4) is 0 Å². The van der Waals surface area contributed by atoms with E-state index in [0.29, 0.717) is 0 Å². The molecule has 0 aromatic carbocycles. The van der Waals surface area contributed by atoms with Gasteiger partial charge in [-0.2, -0.15) is 0 Å². The lowest BCUT2D eigenvalue weighted by Crippen LogP contribution is -2.33. The lowest BCUT2D eigenvalue weighted by molar-refractivity contribution is 0.212. The van der Waals surface area contributed by atoms with Gasteiger partial charge in [0.1, 0.15) is 0 Å². The van der Waals surface area contributed by atoms with Gasteiger partial charge in [-0.1, -0.05) is 27.7 Å². The second-order valence-corrected chi connectivity index (χ2v) is 6.64. The molecule has 1 unspecified atom stereocenters. The maximum Gasteiger partial charge on any atom is 0.00965 e. The summed E-state index contributed by atoms with van der Waals surface area (Å²) in [7, 11) is 0. The Hall–Kier alpha value is -0.0800. The third-order valence-electron chi connectivity index (χ3n) is 3.63. The Balaban J connectivity index is 2.28. The van der Waals surface area contributed by atoms with Gasteiger partial charge in [-0.3, -0.25) is 0 Å². The summed E-state index contributed by atoms with van der Waals surface area (Å²) in [6.45, 7) is 12.6. The van der Waals surface area contributed by atoms with Gasteiger partial charge < -0.3 is 10.6 Å². The highest BCUT2D eigenvalue weighted by atomic mass is 15.2. The third-order valence-corrected chi connectivity index (χ3v) is 3.63. The van der Waals surface area contributed by atoms with Crippen molar-refractivity contribution in [3.63, 3.8) is 0 Å². The van der Waals surface area contributed by atoms with Crippen molar-refractivity contribution >= 4 is 0 Å². The van der Waals surface area contributed by atoms with E-state index in [2.05, 4.69) is 32.6 Å². The van der Waals surface area contributed by atoms with Crippen LogP contribution in [0.3, 0.4) is 0 Å². The fourth-order valence-electron chi connectivity index (χ4n) is 2.68. The third kappa shape index (κ3) is 6.42. The number of rotatable bonds is 9. The lowest BCUT2D eigenvalue weighted by atomic mass is 9.94. The highest BCUT2D eigenvalue weighted by Gasteiger charge is 2.29. The highest BCUT2D eigenvalue weighted by Crippen LogP contribution is 2.28. The van der Waals surface area contributed by atoms with Crippen LogP contribution in [0.25, 0.3) is 0 Å². The van der Waals surface area contributed by atoms with Gasteiger partial charge in [0.05, 0.1) is 0 Å². The van der Waals surface area contributed by atoms with Crippen molar-refractivity contribution in [2.45, 2.75) is 59.4 Å². The minimum Gasteiger partial charge on any atom is -0.330 e. The fourth-order valence-corrected chi connectivity index (χ4v) is 2.68. The van der Waals surface area contributed by atoms with E-state index in [9.17, 15) is 0 Å². The van der Waals surface area contributed by atoms with Crippen LogP contribution in [0.2, 0.25) is 0 Å². The molecule has 0 radical (unpaired) electrons. The Labute approximate surface area is 108 Å². The summed E-state index contributed by atoms with van der Waals surface area (Å²) in [5.74, 6) is 2.29. The lowest BCUT2D eigenvalue weighted by Gasteiger charge is -2.26. The van der Waals surface area contributed by atoms with Crippen molar-refractivity contribution in [1.82, 2.24) is 4.90 Å². The zero-order valence-electron chi connectivity index (χ0n) is 12.3. The molecule has 1 aliphatic rings. The Kier molecular flexibility index (Phi) is 6.50. The van der Waals surface area contributed by atoms with E-state index in [4.69, 9.17) is 5.73 Å². The number of hydrogen-bond acceptors (Lipinski definition) is 2. The fraction of sp³-hybridized carbons (Fsp3) is 1.00. The molecule has 0 bridgehead atoms. The molecular weight excluding hydrogens is 208 g/mol. The first kappa shape index (κ1) is 15.0. The molecule has 1 atom stereocenters. The van der Waals surface area contributed by atoms with Gasteiger partial charge in [0.15, 0.2) is 0 Å². The smallest absolute Gasteiger partial charge is 0.00965 e. The summed E-state index contributed by atoms with van der Waals surface area (Å²) in [5, 5.41) is 0. The van der Waals surface area contributed by atoms with Crippen LogP contribution in [0.15, 0.2) is 0 Å². The van der Waals surface area contributed by atoms with Gasteiger partial charge in [0.2, 0.25) is 0 Å². The van der Waals surface area contributed by atoms with Gasteiger partial charge >= 0.3 is 0 Å². The van der Waals surface area contributed by atoms with E-state index in [1.807, 2.05) is 0 Å². The molecule has 1 aliphatic carbocycles. The van der Waals surface area contributed by atoms with E-state index in [0.717, 1.165) is 30.3 Å². The van der Waals surface area contributed by atoms with Crippen molar-refractivity contribution in [3.05, 3.63) is 0 Å². The Morgan fingerprint density at radius 3 is 2.18 bits per heavy atom. The van der Waals surface area contributed by atoms with Crippen molar-refractivity contribution in [2.24, 2.45) is 23.5 Å².